The van der Waals surface area contributed by atoms with Crippen LogP contribution in [0.5, 0.6) is 0 Å². The first kappa shape index (κ1) is 14.9. The van der Waals surface area contributed by atoms with E-state index >= 15 is 0 Å². The molecular formula is C11H11ClN2O5. The van der Waals surface area contributed by atoms with Crippen molar-refractivity contribution in [1.82, 2.24) is 10.3 Å². The maximum absolute atomic E-state index is 11.8. The number of aromatic nitrogens is 1. The van der Waals surface area contributed by atoms with Crippen LogP contribution in [0.15, 0.2) is 18.5 Å². The van der Waals surface area contributed by atoms with Gasteiger partial charge in [-0.3, -0.25) is 14.6 Å². The van der Waals surface area contributed by atoms with Crippen LogP contribution in [-0.4, -0.2) is 41.1 Å². The molecule has 1 heterocycles. The molecule has 0 saturated carbocycles. The molecule has 2 N–H and O–H groups in total. The number of nitrogens with one attached hydrogen (secondary N) is 1. The minimum absolute atomic E-state index is 0.0280. The normalized spacial score (nSPS) is 11.5. The van der Waals surface area contributed by atoms with E-state index in [4.69, 9.17) is 16.7 Å². The van der Waals surface area contributed by atoms with Gasteiger partial charge in [-0.25, -0.2) is 4.79 Å². The molecule has 0 aliphatic carbocycles. The number of aliphatic carboxylic acids is 1. The average Bonchev–Trinajstić information content (AvgIpc) is 2.37. The number of halogens is 1. The molecule has 8 heteroatoms. The van der Waals surface area contributed by atoms with Crippen molar-refractivity contribution in [3.05, 3.63) is 29.0 Å². The van der Waals surface area contributed by atoms with Crippen molar-refractivity contribution >= 4 is 29.4 Å². The number of nitrogens with zero attached hydrogens (tertiary/aromatic N) is 1. The third-order valence-electron chi connectivity index (χ3n) is 2.21. The van der Waals surface area contributed by atoms with Crippen LogP contribution in [0, 0.1) is 0 Å². The Morgan fingerprint density at radius 3 is 2.74 bits per heavy atom. The standard InChI is InChI=1S/C11H11ClN2O5/c1-19-9(15)4-8(11(17)18)14-10(16)6-5-13-3-2-7(6)12/h2-3,5,8H,4H2,1H3,(H,14,16)(H,17,18)/t8-/m0/s1. The summed E-state index contributed by atoms with van der Waals surface area (Å²) in [4.78, 5) is 37.5. The molecule has 19 heavy (non-hydrogen) atoms. The number of amides is 1. The van der Waals surface area contributed by atoms with Gasteiger partial charge in [0.15, 0.2) is 0 Å². The number of carbonyl (C=O) groups is 3. The van der Waals surface area contributed by atoms with E-state index in [1.54, 1.807) is 0 Å². The molecule has 1 amide bonds. The highest BCUT2D eigenvalue weighted by Crippen LogP contribution is 2.13. The van der Waals surface area contributed by atoms with E-state index in [0.717, 1.165) is 7.11 Å². The minimum atomic E-state index is -1.39. The van der Waals surface area contributed by atoms with Crippen LogP contribution in [0.3, 0.4) is 0 Å². The summed E-state index contributed by atoms with van der Waals surface area (Å²) < 4.78 is 4.35. The predicted octanol–water partition coefficient (Wildman–Crippen LogP) is 0.481. The Labute approximate surface area is 113 Å². The number of carbonyl (C=O) groups excluding carboxylic acids is 2. The van der Waals surface area contributed by atoms with Gasteiger partial charge in [-0.2, -0.15) is 0 Å². The lowest BCUT2D eigenvalue weighted by molar-refractivity contribution is -0.147. The highest BCUT2D eigenvalue weighted by atomic mass is 35.5. The van der Waals surface area contributed by atoms with Gasteiger partial charge < -0.3 is 15.2 Å². The lowest BCUT2D eigenvalue weighted by Crippen LogP contribution is -2.42. The first-order valence-corrected chi connectivity index (χ1v) is 5.53. The Kier molecular flexibility index (Phi) is 5.25. The number of hydrogen-bond donors (Lipinski definition) is 2. The Hall–Kier alpha value is -2.15. The Bertz CT molecular complexity index is 506. The number of hydrogen-bond acceptors (Lipinski definition) is 5. The van der Waals surface area contributed by atoms with Crippen LogP contribution in [-0.2, 0) is 14.3 Å². The first-order valence-electron chi connectivity index (χ1n) is 5.15. The third kappa shape index (κ3) is 4.22. The molecule has 0 unspecified atom stereocenters. The molecule has 1 rings (SSSR count). The quantitative estimate of drug-likeness (QED) is 0.763. The summed E-state index contributed by atoms with van der Waals surface area (Å²) in [6, 6.07) is 0.00300. The van der Waals surface area contributed by atoms with E-state index in [2.05, 4.69) is 15.0 Å². The summed E-state index contributed by atoms with van der Waals surface area (Å²) in [6.07, 6.45) is 2.12. The van der Waals surface area contributed by atoms with E-state index in [-0.39, 0.29) is 10.6 Å². The number of ether oxygens (including phenoxy) is 1. The molecule has 0 fully saturated rings. The predicted molar refractivity (Wildman–Crippen MR) is 64.8 cm³/mol. The summed E-state index contributed by atoms with van der Waals surface area (Å²) in [5, 5.41) is 11.2. The number of carboxylic acids is 1. The first-order chi connectivity index (χ1) is 8.95. The molecule has 0 aliphatic heterocycles. The second-order valence-corrected chi connectivity index (χ2v) is 3.91. The lowest BCUT2D eigenvalue weighted by atomic mass is 10.2. The van der Waals surface area contributed by atoms with Crippen molar-refractivity contribution in [1.29, 1.82) is 0 Å². The van der Waals surface area contributed by atoms with E-state index in [9.17, 15) is 14.4 Å². The van der Waals surface area contributed by atoms with E-state index in [1.807, 2.05) is 0 Å². The van der Waals surface area contributed by atoms with E-state index in [1.165, 1.54) is 18.5 Å². The zero-order valence-corrected chi connectivity index (χ0v) is 10.7. The lowest BCUT2D eigenvalue weighted by Gasteiger charge is -2.13. The molecule has 0 aliphatic rings. The minimum Gasteiger partial charge on any atom is -0.480 e. The van der Waals surface area contributed by atoms with Crippen molar-refractivity contribution in [2.45, 2.75) is 12.5 Å². The topological polar surface area (TPSA) is 106 Å². The summed E-state index contributed by atoms with van der Waals surface area (Å²) in [7, 11) is 1.13. The maximum atomic E-state index is 11.8. The fraction of sp³-hybridized carbons (Fsp3) is 0.273. The van der Waals surface area contributed by atoms with E-state index < -0.39 is 30.3 Å². The van der Waals surface area contributed by atoms with Gasteiger partial charge in [0.05, 0.1) is 24.1 Å². The zero-order chi connectivity index (χ0) is 14.4. The summed E-state index contributed by atoms with van der Waals surface area (Å²) in [5.74, 6) is -2.82. The van der Waals surface area contributed by atoms with Crippen LogP contribution >= 0.6 is 11.6 Å². The second kappa shape index (κ2) is 6.69. The van der Waals surface area contributed by atoms with Crippen molar-refractivity contribution in [2.24, 2.45) is 0 Å². The maximum Gasteiger partial charge on any atom is 0.326 e. The van der Waals surface area contributed by atoms with Gasteiger partial charge in [-0.05, 0) is 6.07 Å². The zero-order valence-electron chi connectivity index (χ0n) is 9.92. The molecule has 7 nitrogen and oxygen atoms in total. The van der Waals surface area contributed by atoms with Gasteiger partial charge in [-0.1, -0.05) is 11.6 Å². The largest absolute Gasteiger partial charge is 0.480 e. The van der Waals surface area contributed by atoms with Crippen LogP contribution < -0.4 is 5.32 Å². The highest BCUT2D eigenvalue weighted by Gasteiger charge is 2.25. The van der Waals surface area contributed by atoms with Crippen LogP contribution in [0.25, 0.3) is 0 Å². The number of methoxy groups -OCH3 is 1. The van der Waals surface area contributed by atoms with E-state index in [0.29, 0.717) is 0 Å². The van der Waals surface area contributed by atoms with Gasteiger partial charge in [0.25, 0.3) is 5.91 Å². The van der Waals surface area contributed by atoms with Crippen molar-refractivity contribution in [3.8, 4) is 0 Å². The average molecular weight is 287 g/mol. The molecule has 1 atom stereocenters. The van der Waals surface area contributed by atoms with Crippen LogP contribution in [0.4, 0.5) is 0 Å². The van der Waals surface area contributed by atoms with Crippen molar-refractivity contribution < 1.29 is 24.2 Å². The van der Waals surface area contributed by atoms with Crippen LogP contribution in [0.1, 0.15) is 16.8 Å². The number of esters is 1. The summed E-state index contributed by atoms with van der Waals surface area (Å²) >= 11 is 5.78. The monoisotopic (exact) mass is 286 g/mol. The number of carboxylic acid groups (broad SMARTS) is 1. The molecule has 0 bridgehead atoms. The molecule has 0 saturated heterocycles. The number of pyridine rings is 1. The molecule has 0 spiro atoms. The van der Waals surface area contributed by atoms with Gasteiger partial charge in [-0.15, -0.1) is 0 Å². The molecular weight excluding hydrogens is 276 g/mol. The Morgan fingerprint density at radius 1 is 1.53 bits per heavy atom. The Morgan fingerprint density at radius 2 is 2.21 bits per heavy atom. The van der Waals surface area contributed by atoms with Gasteiger partial charge in [0, 0.05) is 12.4 Å². The van der Waals surface area contributed by atoms with Gasteiger partial charge >= 0.3 is 11.9 Å². The molecule has 0 aromatic carbocycles. The fourth-order valence-electron chi connectivity index (χ4n) is 1.23. The molecule has 0 radical (unpaired) electrons. The molecule has 1 aromatic rings. The van der Waals surface area contributed by atoms with Crippen molar-refractivity contribution in [2.75, 3.05) is 7.11 Å². The molecule has 102 valence electrons. The smallest absolute Gasteiger partial charge is 0.326 e. The SMILES string of the molecule is COC(=O)C[C@H](NC(=O)c1cnccc1Cl)C(=O)O. The van der Waals surface area contributed by atoms with Gasteiger partial charge in [0.1, 0.15) is 6.04 Å². The Balaban J connectivity index is 2.80. The summed E-state index contributed by atoms with van der Waals surface area (Å²) in [6.45, 7) is 0. The van der Waals surface area contributed by atoms with Gasteiger partial charge in [0.2, 0.25) is 0 Å². The summed E-state index contributed by atoms with van der Waals surface area (Å²) in [5.41, 5.74) is 0.0280. The third-order valence-corrected chi connectivity index (χ3v) is 2.54. The highest BCUT2D eigenvalue weighted by molar-refractivity contribution is 6.33. The number of rotatable bonds is 5. The van der Waals surface area contributed by atoms with Crippen molar-refractivity contribution in [3.63, 3.8) is 0 Å². The second-order valence-electron chi connectivity index (χ2n) is 3.50. The fourth-order valence-corrected chi connectivity index (χ4v) is 1.42. The van der Waals surface area contributed by atoms with Crippen LogP contribution in [0.2, 0.25) is 5.02 Å². The molecule has 1 aromatic heterocycles.